The smallest absolute Gasteiger partial charge is 0.0860 e. The summed E-state index contributed by atoms with van der Waals surface area (Å²) in [5.74, 6) is 0. The number of aliphatic hydroxyl groups excluding tert-OH is 1. The summed E-state index contributed by atoms with van der Waals surface area (Å²) in [5.41, 5.74) is 7.05. The van der Waals surface area contributed by atoms with Crippen molar-refractivity contribution in [3.05, 3.63) is 64.9 Å². The van der Waals surface area contributed by atoms with E-state index in [9.17, 15) is 5.11 Å². The minimum absolute atomic E-state index is 0.00798. The van der Waals surface area contributed by atoms with Gasteiger partial charge in [-0.05, 0) is 38.3 Å². The summed E-state index contributed by atoms with van der Waals surface area (Å²) in [6, 6.07) is 14.6. The van der Waals surface area contributed by atoms with Crippen molar-refractivity contribution in [2.45, 2.75) is 18.7 Å². The number of hydrogen-bond acceptors (Lipinski definition) is 4. The van der Waals surface area contributed by atoms with Crippen LogP contribution in [0.25, 0.3) is 10.8 Å². The fraction of sp³-hybridized carbons (Fsp3) is 0.278. The van der Waals surface area contributed by atoms with Crippen LogP contribution in [0.2, 0.25) is 0 Å². The molecule has 0 radical (unpaired) electrons. The lowest BCUT2D eigenvalue weighted by Gasteiger charge is -2.20. The molecule has 4 N–H and O–H groups in total. The highest BCUT2D eigenvalue weighted by Crippen LogP contribution is 2.20. The molecule has 0 aliphatic heterocycles. The van der Waals surface area contributed by atoms with Gasteiger partial charge in [-0.2, -0.15) is 5.10 Å². The van der Waals surface area contributed by atoms with Crippen LogP contribution in [0.1, 0.15) is 11.6 Å². The molecule has 0 saturated heterocycles. The number of aliphatic hydroxyl groups is 1. The number of benzene rings is 2. The molecule has 0 amide bonds. The Balaban J connectivity index is 1.62. The Kier molecular flexibility index (Phi) is 5.63. The van der Waals surface area contributed by atoms with E-state index in [4.69, 9.17) is 5.73 Å². The second-order valence-corrected chi connectivity index (χ2v) is 6.75. The minimum atomic E-state index is -0.536. The first kappa shape index (κ1) is 17.1. The van der Waals surface area contributed by atoms with Crippen LogP contribution in [-0.4, -0.2) is 34.1 Å². The minimum Gasteiger partial charge on any atom is -0.390 e. The zero-order valence-corrected chi connectivity index (χ0v) is 14.9. The van der Waals surface area contributed by atoms with E-state index in [0.29, 0.717) is 19.6 Å². The molecule has 0 spiro atoms. The van der Waals surface area contributed by atoms with Crippen molar-refractivity contribution in [1.29, 1.82) is 0 Å². The monoisotopic (exact) mass is 388 g/mol. The van der Waals surface area contributed by atoms with Crippen molar-refractivity contribution in [3.63, 3.8) is 0 Å². The molecule has 5 nitrogen and oxygen atoms in total. The number of nitrogens with zero attached hydrogens (tertiary/aromatic N) is 2. The summed E-state index contributed by atoms with van der Waals surface area (Å²) in [6.07, 6.45) is 3.01. The Bertz CT molecular complexity index is 804. The van der Waals surface area contributed by atoms with Crippen LogP contribution in [0.5, 0.6) is 0 Å². The van der Waals surface area contributed by atoms with Crippen molar-refractivity contribution in [2.24, 2.45) is 5.73 Å². The molecule has 0 fully saturated rings. The van der Waals surface area contributed by atoms with Gasteiger partial charge in [0.25, 0.3) is 0 Å². The van der Waals surface area contributed by atoms with Gasteiger partial charge in [0.05, 0.1) is 23.3 Å². The van der Waals surface area contributed by atoms with Crippen molar-refractivity contribution < 1.29 is 5.11 Å². The number of halogens is 1. The van der Waals surface area contributed by atoms with Crippen molar-refractivity contribution >= 4 is 26.7 Å². The van der Waals surface area contributed by atoms with Gasteiger partial charge < -0.3 is 16.2 Å². The highest BCUT2D eigenvalue weighted by Gasteiger charge is 2.13. The number of nitrogens with one attached hydrogen (secondary N) is 1. The van der Waals surface area contributed by atoms with Crippen LogP contribution >= 0.6 is 15.9 Å². The van der Waals surface area contributed by atoms with Gasteiger partial charge in [-0.15, -0.1) is 0 Å². The van der Waals surface area contributed by atoms with E-state index in [1.165, 1.54) is 10.8 Å². The van der Waals surface area contributed by atoms with Crippen molar-refractivity contribution in [1.82, 2.24) is 15.1 Å². The van der Waals surface area contributed by atoms with Gasteiger partial charge in [-0.1, -0.05) is 36.4 Å². The van der Waals surface area contributed by atoms with E-state index in [1.807, 2.05) is 18.3 Å². The predicted molar refractivity (Wildman–Crippen MR) is 99.7 cm³/mol. The van der Waals surface area contributed by atoms with Crippen LogP contribution < -0.4 is 11.1 Å². The third-order valence-electron chi connectivity index (χ3n) is 4.01. The summed E-state index contributed by atoms with van der Waals surface area (Å²) in [5, 5.41) is 20.1. The average molecular weight is 389 g/mol. The maximum absolute atomic E-state index is 10.2. The van der Waals surface area contributed by atoms with Crippen molar-refractivity contribution in [2.75, 3.05) is 13.1 Å². The normalized spacial score (nSPS) is 14.0. The Morgan fingerprint density at radius 1 is 1.21 bits per heavy atom. The lowest BCUT2D eigenvalue weighted by Crippen LogP contribution is -2.36. The third kappa shape index (κ3) is 4.21. The Morgan fingerprint density at radius 3 is 2.71 bits per heavy atom. The summed E-state index contributed by atoms with van der Waals surface area (Å²) in [7, 11) is 0. The highest BCUT2D eigenvalue weighted by atomic mass is 79.9. The molecule has 3 aromatic rings. The fourth-order valence-corrected chi connectivity index (χ4v) is 3.09. The highest BCUT2D eigenvalue weighted by molar-refractivity contribution is 9.10. The molecule has 3 rings (SSSR count). The fourth-order valence-electron chi connectivity index (χ4n) is 2.76. The molecule has 2 unspecified atom stereocenters. The van der Waals surface area contributed by atoms with Gasteiger partial charge in [0.2, 0.25) is 0 Å². The number of fused-ring (bicyclic) bond motifs is 1. The first-order valence-corrected chi connectivity index (χ1v) is 8.73. The first-order valence-electron chi connectivity index (χ1n) is 7.94. The van der Waals surface area contributed by atoms with E-state index in [2.05, 4.69) is 56.7 Å². The van der Waals surface area contributed by atoms with Gasteiger partial charge in [0.1, 0.15) is 0 Å². The van der Waals surface area contributed by atoms with Gasteiger partial charge in [-0.3, -0.25) is 4.68 Å². The molecular weight excluding hydrogens is 368 g/mol. The quantitative estimate of drug-likeness (QED) is 0.580. The van der Waals surface area contributed by atoms with Crippen LogP contribution in [0, 0.1) is 0 Å². The molecule has 0 aliphatic rings. The summed E-state index contributed by atoms with van der Waals surface area (Å²) < 4.78 is 2.61. The molecule has 1 aromatic heterocycles. The SMILES string of the molecule is NCC(NCC(O)Cn1cc(Br)cn1)c1ccc2ccccc2c1. The topological polar surface area (TPSA) is 76.1 Å². The standard InChI is InChI=1S/C18H21BrN4O/c19-16-9-22-23(11-16)12-17(24)10-21-18(8-20)15-6-5-13-3-1-2-4-14(13)7-15/h1-7,9,11,17-18,21,24H,8,10,12,20H2. The first-order chi connectivity index (χ1) is 11.7. The molecule has 2 atom stereocenters. The van der Waals surface area contributed by atoms with Gasteiger partial charge in [-0.25, -0.2) is 0 Å². The molecule has 1 heterocycles. The Labute approximate surface area is 149 Å². The van der Waals surface area contributed by atoms with Crippen molar-refractivity contribution in [3.8, 4) is 0 Å². The molecule has 24 heavy (non-hydrogen) atoms. The number of aromatic nitrogens is 2. The predicted octanol–water partition coefficient (Wildman–Crippen LogP) is 2.45. The average Bonchev–Trinajstić information content (AvgIpc) is 3.00. The molecule has 2 aromatic carbocycles. The van der Waals surface area contributed by atoms with E-state index < -0.39 is 6.10 Å². The lowest BCUT2D eigenvalue weighted by atomic mass is 10.0. The lowest BCUT2D eigenvalue weighted by molar-refractivity contribution is 0.143. The molecular formula is C18H21BrN4O. The molecule has 0 saturated carbocycles. The summed E-state index contributed by atoms with van der Waals surface area (Å²) >= 11 is 3.35. The summed E-state index contributed by atoms with van der Waals surface area (Å²) in [4.78, 5) is 0. The van der Waals surface area contributed by atoms with Gasteiger partial charge >= 0.3 is 0 Å². The van der Waals surface area contributed by atoms with E-state index >= 15 is 0 Å². The maximum Gasteiger partial charge on any atom is 0.0860 e. The van der Waals surface area contributed by atoms with E-state index in [0.717, 1.165) is 10.0 Å². The second kappa shape index (κ2) is 7.90. The molecule has 126 valence electrons. The number of hydrogen-bond donors (Lipinski definition) is 3. The third-order valence-corrected chi connectivity index (χ3v) is 4.42. The molecule has 0 bridgehead atoms. The van der Waals surface area contributed by atoms with Gasteiger partial charge in [0.15, 0.2) is 0 Å². The van der Waals surface area contributed by atoms with Crippen LogP contribution in [0.4, 0.5) is 0 Å². The Morgan fingerprint density at radius 2 is 2.00 bits per heavy atom. The maximum atomic E-state index is 10.2. The zero-order chi connectivity index (χ0) is 16.9. The number of rotatable bonds is 7. The zero-order valence-electron chi connectivity index (χ0n) is 13.3. The largest absolute Gasteiger partial charge is 0.390 e. The van der Waals surface area contributed by atoms with Crippen LogP contribution in [0.3, 0.4) is 0 Å². The number of nitrogens with two attached hydrogens (primary N) is 1. The molecule has 6 heteroatoms. The second-order valence-electron chi connectivity index (χ2n) is 5.84. The van der Waals surface area contributed by atoms with Gasteiger partial charge in [0, 0.05) is 25.3 Å². The summed E-state index contributed by atoms with van der Waals surface area (Å²) in [6.45, 7) is 1.36. The van der Waals surface area contributed by atoms with Crippen LogP contribution in [0.15, 0.2) is 59.3 Å². The van der Waals surface area contributed by atoms with Crippen LogP contribution in [-0.2, 0) is 6.54 Å². The Hall–Kier alpha value is -1.73. The van der Waals surface area contributed by atoms with E-state index in [-0.39, 0.29) is 6.04 Å². The molecule has 0 aliphatic carbocycles. The van der Waals surface area contributed by atoms with E-state index in [1.54, 1.807) is 10.9 Å².